The van der Waals surface area contributed by atoms with Crippen LogP contribution in [0.25, 0.3) is 6.08 Å². The van der Waals surface area contributed by atoms with E-state index in [9.17, 15) is 19.5 Å². The van der Waals surface area contributed by atoms with E-state index in [-0.39, 0.29) is 5.92 Å². The monoisotopic (exact) mass is 562 g/mol. The van der Waals surface area contributed by atoms with Gasteiger partial charge in [0.15, 0.2) is 12.2 Å². The van der Waals surface area contributed by atoms with Crippen LogP contribution in [0.15, 0.2) is 66.7 Å². The normalized spacial score (nSPS) is 35.4. The number of carbonyl (C=O) groups is 3. The van der Waals surface area contributed by atoms with E-state index in [0.717, 1.165) is 5.56 Å². The van der Waals surface area contributed by atoms with E-state index in [4.69, 9.17) is 18.9 Å². The topological polar surface area (TPSA) is 108 Å². The number of ether oxygens (including phenoxy) is 4. The average molecular weight is 563 g/mol. The van der Waals surface area contributed by atoms with Crippen LogP contribution in [-0.2, 0) is 28.5 Å². The third kappa shape index (κ3) is 4.97. The van der Waals surface area contributed by atoms with E-state index in [1.54, 1.807) is 36.4 Å². The van der Waals surface area contributed by atoms with Crippen molar-refractivity contribution in [1.82, 2.24) is 0 Å². The Labute approximate surface area is 240 Å². The van der Waals surface area contributed by atoms with Gasteiger partial charge in [0.05, 0.1) is 28.3 Å². The molecule has 2 aromatic carbocycles. The molecule has 41 heavy (non-hydrogen) atoms. The van der Waals surface area contributed by atoms with Crippen molar-refractivity contribution in [3.05, 3.63) is 77.9 Å². The number of rotatable bonds is 6. The number of fused-ring (bicyclic) bond motifs is 1. The lowest BCUT2D eigenvalue weighted by atomic mass is 9.49. The fraction of sp³-hybridized carbons (Fsp3) is 0.485. The second-order valence-corrected chi connectivity index (χ2v) is 12.2. The van der Waals surface area contributed by atoms with Gasteiger partial charge in [-0.15, -0.1) is 0 Å². The van der Waals surface area contributed by atoms with Crippen molar-refractivity contribution in [2.24, 2.45) is 17.3 Å². The summed E-state index contributed by atoms with van der Waals surface area (Å²) in [5, 5.41) is 11.6. The van der Waals surface area contributed by atoms with Crippen LogP contribution in [0.1, 0.15) is 63.4 Å². The van der Waals surface area contributed by atoms with Crippen LogP contribution in [-0.4, -0.2) is 58.6 Å². The number of hydrogen-bond donors (Lipinski definition) is 1. The molecule has 1 N–H and O–H groups in total. The van der Waals surface area contributed by atoms with E-state index in [2.05, 4.69) is 0 Å². The van der Waals surface area contributed by atoms with Gasteiger partial charge in [-0.05, 0) is 63.3 Å². The Morgan fingerprint density at radius 2 is 1.59 bits per heavy atom. The van der Waals surface area contributed by atoms with E-state index >= 15 is 0 Å². The number of esters is 3. The third-order valence-electron chi connectivity index (χ3n) is 9.55. The smallest absolute Gasteiger partial charge is 0.338 e. The molecule has 2 aromatic rings. The molecule has 2 saturated carbocycles. The first-order valence-electron chi connectivity index (χ1n) is 14.1. The minimum Gasteiger partial charge on any atom is -0.458 e. The highest BCUT2D eigenvalue weighted by Crippen LogP contribution is 2.67. The minimum atomic E-state index is -1.20. The van der Waals surface area contributed by atoms with Crippen LogP contribution in [0.5, 0.6) is 0 Å². The van der Waals surface area contributed by atoms with Crippen LogP contribution in [0.3, 0.4) is 0 Å². The Kier molecular flexibility index (Phi) is 7.59. The van der Waals surface area contributed by atoms with Crippen molar-refractivity contribution in [2.45, 2.75) is 83.1 Å². The Hall–Kier alpha value is -3.49. The summed E-state index contributed by atoms with van der Waals surface area (Å²) in [5.74, 6) is -2.34. The number of aliphatic hydroxyl groups is 1. The van der Waals surface area contributed by atoms with Crippen molar-refractivity contribution >= 4 is 24.0 Å². The van der Waals surface area contributed by atoms with Gasteiger partial charge in [-0.25, -0.2) is 9.59 Å². The van der Waals surface area contributed by atoms with Gasteiger partial charge in [-0.2, -0.15) is 0 Å². The van der Waals surface area contributed by atoms with Gasteiger partial charge in [0.1, 0.15) is 6.10 Å². The predicted octanol–water partition coefficient (Wildman–Crippen LogP) is 4.74. The maximum absolute atomic E-state index is 13.5. The second kappa shape index (κ2) is 10.7. The number of hydrogen-bond acceptors (Lipinski definition) is 8. The van der Waals surface area contributed by atoms with E-state index in [1.165, 1.54) is 13.0 Å². The molecule has 1 spiro atoms. The van der Waals surface area contributed by atoms with Gasteiger partial charge in [-0.3, -0.25) is 4.79 Å². The van der Waals surface area contributed by atoms with Gasteiger partial charge < -0.3 is 24.1 Å². The van der Waals surface area contributed by atoms with Crippen LogP contribution < -0.4 is 0 Å². The predicted molar refractivity (Wildman–Crippen MR) is 150 cm³/mol. The Morgan fingerprint density at radius 3 is 2.22 bits per heavy atom. The van der Waals surface area contributed by atoms with Crippen LogP contribution in [0.4, 0.5) is 0 Å². The van der Waals surface area contributed by atoms with E-state index < -0.39 is 64.9 Å². The largest absolute Gasteiger partial charge is 0.458 e. The zero-order valence-electron chi connectivity index (χ0n) is 24.1. The van der Waals surface area contributed by atoms with E-state index in [1.807, 2.05) is 58.0 Å². The molecule has 2 aliphatic carbocycles. The summed E-state index contributed by atoms with van der Waals surface area (Å²) in [5.41, 5.74) is -1.65. The zero-order chi connectivity index (χ0) is 29.6. The molecule has 218 valence electrons. The van der Waals surface area contributed by atoms with Crippen molar-refractivity contribution in [3.63, 3.8) is 0 Å². The number of benzene rings is 2. The Morgan fingerprint density at radius 1 is 0.951 bits per heavy atom. The standard InChI is InChI=1S/C33H38O8/c1-20-27(36)28(38-21(2)34)29(40-30(37)23-14-10-7-11-15-23)32(5)25(18-24-19-33(20,32)41-31(24,3)4)39-26(35)17-16-22-12-8-6-9-13-22/h6-17,20,24-25,27-29,36H,18-19H2,1-5H3/b17-16+/t20-,24-,25+,27-,28-,29+,32-,33+/m1/s1. The quantitative estimate of drug-likeness (QED) is 0.306. The highest BCUT2D eigenvalue weighted by molar-refractivity contribution is 5.89. The molecule has 8 atom stereocenters. The molecule has 1 heterocycles. The molecule has 3 aliphatic rings. The summed E-state index contributed by atoms with van der Waals surface area (Å²) in [7, 11) is 0. The molecular formula is C33H38O8. The average Bonchev–Trinajstić information content (AvgIpc) is 3.19. The van der Waals surface area contributed by atoms with Crippen LogP contribution >= 0.6 is 0 Å². The Bertz CT molecular complexity index is 1320. The van der Waals surface area contributed by atoms with Crippen molar-refractivity contribution < 1.29 is 38.4 Å². The maximum Gasteiger partial charge on any atom is 0.338 e. The maximum atomic E-state index is 13.5. The van der Waals surface area contributed by atoms with Gasteiger partial charge in [0.2, 0.25) is 0 Å². The lowest BCUT2D eigenvalue weighted by Crippen LogP contribution is -2.75. The lowest BCUT2D eigenvalue weighted by Gasteiger charge is -2.62. The van der Waals surface area contributed by atoms with Gasteiger partial charge in [0.25, 0.3) is 0 Å². The molecular weight excluding hydrogens is 524 g/mol. The highest BCUT2D eigenvalue weighted by atomic mass is 16.6. The SMILES string of the molecule is CC(=O)O[C@@H]1[C@H](O)[C@@H](C)[C@@]23C[C@@H](C[C@H](OC(=O)/C=C/c4ccccc4)[C@]2(C)[C@H]1OC(=O)c1ccccc1)C(C)(C)O3. The van der Waals surface area contributed by atoms with E-state index in [0.29, 0.717) is 18.4 Å². The summed E-state index contributed by atoms with van der Waals surface area (Å²) in [6, 6.07) is 17.9. The summed E-state index contributed by atoms with van der Waals surface area (Å²) >= 11 is 0. The highest BCUT2D eigenvalue weighted by Gasteiger charge is 2.77. The van der Waals surface area contributed by atoms with Crippen LogP contribution in [0.2, 0.25) is 0 Å². The molecule has 1 aliphatic heterocycles. The molecule has 5 rings (SSSR count). The number of aliphatic hydroxyl groups excluding tert-OH is 1. The van der Waals surface area contributed by atoms with Crippen molar-refractivity contribution in [2.75, 3.05) is 0 Å². The molecule has 0 amide bonds. The molecule has 0 aromatic heterocycles. The zero-order valence-corrected chi connectivity index (χ0v) is 24.1. The summed E-state index contributed by atoms with van der Waals surface area (Å²) in [6.07, 6.45) is -0.254. The first kappa shape index (κ1) is 29.0. The Balaban J connectivity index is 1.58. The van der Waals surface area contributed by atoms with Gasteiger partial charge >= 0.3 is 17.9 Å². The molecule has 3 fully saturated rings. The van der Waals surface area contributed by atoms with Gasteiger partial charge in [0, 0.05) is 18.9 Å². The number of carbonyl (C=O) groups excluding carboxylic acids is 3. The fourth-order valence-electron chi connectivity index (χ4n) is 7.30. The van der Waals surface area contributed by atoms with Crippen molar-refractivity contribution in [1.29, 1.82) is 0 Å². The van der Waals surface area contributed by atoms with Gasteiger partial charge in [-0.1, -0.05) is 55.5 Å². The molecule has 1 saturated heterocycles. The fourth-order valence-corrected chi connectivity index (χ4v) is 7.30. The minimum absolute atomic E-state index is 0.0110. The summed E-state index contributed by atoms with van der Waals surface area (Å²) in [6.45, 7) is 8.96. The van der Waals surface area contributed by atoms with Crippen molar-refractivity contribution in [3.8, 4) is 0 Å². The summed E-state index contributed by atoms with van der Waals surface area (Å²) < 4.78 is 24.9. The molecule has 8 heteroatoms. The molecule has 0 unspecified atom stereocenters. The molecule has 0 radical (unpaired) electrons. The lowest BCUT2D eigenvalue weighted by molar-refractivity contribution is -0.304. The first-order chi connectivity index (χ1) is 19.4. The summed E-state index contributed by atoms with van der Waals surface area (Å²) in [4.78, 5) is 39.0. The molecule has 2 bridgehead atoms. The molecule has 8 nitrogen and oxygen atoms in total. The first-order valence-corrected chi connectivity index (χ1v) is 14.1. The van der Waals surface area contributed by atoms with Crippen LogP contribution in [0, 0.1) is 17.3 Å². The second-order valence-electron chi connectivity index (χ2n) is 12.2. The third-order valence-corrected chi connectivity index (χ3v) is 9.55.